The summed E-state index contributed by atoms with van der Waals surface area (Å²) in [5.41, 5.74) is 2.11. The van der Waals surface area contributed by atoms with Crippen molar-refractivity contribution in [1.29, 1.82) is 0 Å². The van der Waals surface area contributed by atoms with Crippen molar-refractivity contribution in [3.8, 4) is 0 Å². The molecule has 0 unspecified atom stereocenters. The van der Waals surface area contributed by atoms with Crippen molar-refractivity contribution in [1.82, 2.24) is 15.3 Å². The minimum absolute atomic E-state index is 0.0915. The summed E-state index contributed by atoms with van der Waals surface area (Å²) >= 11 is 1.72. The number of carbonyl (C=O) groups excluding carboxylic acids is 1. The fourth-order valence-corrected chi connectivity index (χ4v) is 2.77. The summed E-state index contributed by atoms with van der Waals surface area (Å²) in [6.07, 6.45) is 4.92. The standard InChI is InChI=1S/C16H15N3O2S/c20-16(19-7-9-22-11-13-2-1-8-21-13)12-3-4-14-15(10-12)18-6-5-17-14/h1-6,8,10H,7,9,11H2,(H,19,20). The highest BCUT2D eigenvalue weighted by Crippen LogP contribution is 2.12. The maximum absolute atomic E-state index is 12.1. The van der Waals surface area contributed by atoms with Gasteiger partial charge >= 0.3 is 0 Å². The van der Waals surface area contributed by atoms with Crippen LogP contribution in [0, 0.1) is 0 Å². The zero-order valence-electron chi connectivity index (χ0n) is 11.9. The Bertz CT molecular complexity index is 759. The van der Waals surface area contributed by atoms with Crippen LogP contribution in [0.4, 0.5) is 0 Å². The van der Waals surface area contributed by atoms with Gasteiger partial charge < -0.3 is 9.73 Å². The molecule has 1 aromatic carbocycles. The van der Waals surface area contributed by atoms with Gasteiger partial charge in [0.15, 0.2) is 0 Å². The number of nitrogens with one attached hydrogen (secondary N) is 1. The Labute approximate surface area is 132 Å². The molecule has 0 radical (unpaired) electrons. The molecule has 0 aliphatic rings. The quantitative estimate of drug-likeness (QED) is 0.709. The van der Waals surface area contributed by atoms with Gasteiger partial charge in [0.25, 0.3) is 5.91 Å². The number of hydrogen-bond donors (Lipinski definition) is 1. The molecular weight excluding hydrogens is 298 g/mol. The van der Waals surface area contributed by atoms with E-state index in [4.69, 9.17) is 4.42 Å². The second-order valence-corrected chi connectivity index (χ2v) is 5.75. The highest BCUT2D eigenvalue weighted by atomic mass is 32.2. The molecule has 2 heterocycles. The van der Waals surface area contributed by atoms with Crippen LogP contribution < -0.4 is 5.32 Å². The third-order valence-electron chi connectivity index (χ3n) is 3.09. The Morgan fingerprint density at radius 1 is 1.18 bits per heavy atom. The van der Waals surface area contributed by atoms with Gasteiger partial charge in [-0.3, -0.25) is 14.8 Å². The van der Waals surface area contributed by atoms with Crippen molar-refractivity contribution in [3.05, 3.63) is 60.3 Å². The van der Waals surface area contributed by atoms with Crippen LogP contribution in [-0.4, -0.2) is 28.2 Å². The zero-order chi connectivity index (χ0) is 15.2. The summed E-state index contributed by atoms with van der Waals surface area (Å²) < 4.78 is 5.25. The summed E-state index contributed by atoms with van der Waals surface area (Å²) in [6.45, 7) is 0.614. The first-order chi connectivity index (χ1) is 10.8. The Balaban J connectivity index is 1.48. The van der Waals surface area contributed by atoms with Crippen molar-refractivity contribution in [2.75, 3.05) is 12.3 Å². The molecule has 0 spiro atoms. The lowest BCUT2D eigenvalue weighted by Gasteiger charge is -2.05. The molecule has 0 bridgehead atoms. The van der Waals surface area contributed by atoms with Crippen LogP contribution in [0.1, 0.15) is 16.1 Å². The van der Waals surface area contributed by atoms with E-state index in [-0.39, 0.29) is 5.91 Å². The van der Waals surface area contributed by atoms with Crippen LogP contribution in [0.2, 0.25) is 0 Å². The van der Waals surface area contributed by atoms with Gasteiger partial charge in [0.1, 0.15) is 5.76 Å². The van der Waals surface area contributed by atoms with Gasteiger partial charge in [-0.15, -0.1) is 0 Å². The fraction of sp³-hybridized carbons (Fsp3) is 0.188. The Morgan fingerprint density at radius 3 is 2.86 bits per heavy atom. The average Bonchev–Trinajstić information content (AvgIpc) is 3.07. The molecule has 1 N–H and O–H groups in total. The molecule has 2 aromatic heterocycles. The molecule has 3 rings (SSSR count). The fourth-order valence-electron chi connectivity index (χ4n) is 2.01. The first kappa shape index (κ1) is 14.6. The minimum atomic E-state index is -0.0915. The van der Waals surface area contributed by atoms with Crippen molar-refractivity contribution in [2.45, 2.75) is 5.75 Å². The zero-order valence-corrected chi connectivity index (χ0v) is 12.7. The van der Waals surface area contributed by atoms with Gasteiger partial charge in [-0.25, -0.2) is 0 Å². The molecule has 6 heteroatoms. The summed E-state index contributed by atoms with van der Waals surface area (Å²) in [6, 6.07) is 9.15. The maximum Gasteiger partial charge on any atom is 0.251 e. The topological polar surface area (TPSA) is 68.0 Å². The number of fused-ring (bicyclic) bond motifs is 1. The number of carbonyl (C=O) groups is 1. The van der Waals surface area contributed by atoms with Crippen LogP contribution in [0.25, 0.3) is 11.0 Å². The van der Waals surface area contributed by atoms with Crippen LogP contribution >= 0.6 is 11.8 Å². The Hall–Kier alpha value is -2.34. The SMILES string of the molecule is O=C(NCCSCc1ccco1)c1ccc2nccnc2c1. The predicted molar refractivity (Wildman–Crippen MR) is 86.7 cm³/mol. The Morgan fingerprint density at radius 2 is 2.05 bits per heavy atom. The first-order valence-electron chi connectivity index (χ1n) is 6.92. The summed E-state index contributed by atoms with van der Waals surface area (Å²) in [4.78, 5) is 20.5. The van der Waals surface area contributed by atoms with E-state index in [9.17, 15) is 4.79 Å². The van der Waals surface area contributed by atoms with Crippen molar-refractivity contribution >= 4 is 28.7 Å². The summed E-state index contributed by atoms with van der Waals surface area (Å²) in [5.74, 6) is 2.50. The third-order valence-corrected chi connectivity index (χ3v) is 4.07. The van der Waals surface area contributed by atoms with E-state index in [1.54, 1.807) is 42.6 Å². The van der Waals surface area contributed by atoms with Gasteiger partial charge in [0.2, 0.25) is 0 Å². The number of furan rings is 1. The molecule has 0 aliphatic carbocycles. The van der Waals surface area contributed by atoms with Gasteiger partial charge in [0.05, 0.1) is 23.0 Å². The lowest BCUT2D eigenvalue weighted by atomic mass is 10.2. The molecule has 3 aromatic rings. The molecule has 0 saturated heterocycles. The van der Waals surface area contributed by atoms with Crippen molar-refractivity contribution < 1.29 is 9.21 Å². The minimum Gasteiger partial charge on any atom is -0.468 e. The van der Waals surface area contributed by atoms with Crippen LogP contribution in [0.15, 0.2) is 53.4 Å². The molecule has 112 valence electrons. The number of hydrogen-bond acceptors (Lipinski definition) is 5. The molecule has 0 aliphatic heterocycles. The van der Waals surface area contributed by atoms with Gasteiger partial charge in [-0.1, -0.05) is 0 Å². The van der Waals surface area contributed by atoms with Gasteiger partial charge in [-0.2, -0.15) is 11.8 Å². The van der Waals surface area contributed by atoms with Crippen LogP contribution in [-0.2, 0) is 5.75 Å². The molecule has 0 atom stereocenters. The second kappa shape index (κ2) is 7.09. The van der Waals surface area contributed by atoms with Crippen molar-refractivity contribution in [3.63, 3.8) is 0 Å². The molecule has 1 amide bonds. The van der Waals surface area contributed by atoms with E-state index in [0.717, 1.165) is 28.3 Å². The molecule has 0 fully saturated rings. The normalized spacial score (nSPS) is 10.7. The number of amides is 1. The van der Waals surface area contributed by atoms with E-state index in [0.29, 0.717) is 12.1 Å². The number of thioether (sulfide) groups is 1. The monoisotopic (exact) mass is 313 g/mol. The molecular formula is C16H15N3O2S. The van der Waals surface area contributed by atoms with E-state index in [1.807, 2.05) is 18.2 Å². The van der Waals surface area contributed by atoms with E-state index < -0.39 is 0 Å². The number of rotatable bonds is 6. The number of nitrogens with zero attached hydrogens (tertiary/aromatic N) is 2. The third kappa shape index (κ3) is 3.65. The lowest BCUT2D eigenvalue weighted by Crippen LogP contribution is -2.25. The lowest BCUT2D eigenvalue weighted by molar-refractivity contribution is 0.0956. The molecule has 22 heavy (non-hydrogen) atoms. The van der Waals surface area contributed by atoms with E-state index in [2.05, 4.69) is 15.3 Å². The molecule has 0 saturated carbocycles. The van der Waals surface area contributed by atoms with Gasteiger partial charge in [0, 0.05) is 30.3 Å². The first-order valence-corrected chi connectivity index (χ1v) is 8.07. The largest absolute Gasteiger partial charge is 0.468 e. The van der Waals surface area contributed by atoms with Crippen LogP contribution in [0.3, 0.4) is 0 Å². The van der Waals surface area contributed by atoms with Crippen molar-refractivity contribution in [2.24, 2.45) is 0 Å². The van der Waals surface area contributed by atoms with E-state index in [1.165, 1.54) is 0 Å². The highest BCUT2D eigenvalue weighted by molar-refractivity contribution is 7.98. The Kier molecular flexibility index (Phi) is 4.70. The summed E-state index contributed by atoms with van der Waals surface area (Å²) in [7, 11) is 0. The number of benzene rings is 1. The summed E-state index contributed by atoms with van der Waals surface area (Å²) in [5, 5.41) is 2.91. The maximum atomic E-state index is 12.1. The average molecular weight is 313 g/mol. The molecule has 5 nitrogen and oxygen atoms in total. The van der Waals surface area contributed by atoms with Gasteiger partial charge in [-0.05, 0) is 30.3 Å². The number of aromatic nitrogens is 2. The second-order valence-electron chi connectivity index (χ2n) is 4.65. The smallest absolute Gasteiger partial charge is 0.251 e. The van der Waals surface area contributed by atoms with Crippen LogP contribution in [0.5, 0.6) is 0 Å². The van der Waals surface area contributed by atoms with E-state index >= 15 is 0 Å². The predicted octanol–water partition coefficient (Wildman–Crippen LogP) is 2.89. The highest BCUT2D eigenvalue weighted by Gasteiger charge is 2.06.